The summed E-state index contributed by atoms with van der Waals surface area (Å²) in [6.45, 7) is 10.4. The van der Waals surface area contributed by atoms with E-state index in [4.69, 9.17) is 23.7 Å². The summed E-state index contributed by atoms with van der Waals surface area (Å²) in [5.41, 5.74) is -1.87. The Morgan fingerprint density at radius 1 is 0.833 bits per heavy atom. The lowest BCUT2D eigenvalue weighted by molar-refractivity contribution is -0.285. The number of aliphatic hydroxyl groups excluding tert-OH is 8. The first kappa shape index (κ1) is 42.5. The number of allylic oxidation sites excluding steroid dienone is 2. The summed E-state index contributed by atoms with van der Waals surface area (Å²) in [5, 5.41) is 98.6. The second kappa shape index (κ2) is 16.3. The van der Waals surface area contributed by atoms with E-state index in [0.717, 1.165) is 5.57 Å². The van der Waals surface area contributed by atoms with E-state index in [1.54, 1.807) is 0 Å². The van der Waals surface area contributed by atoms with Crippen molar-refractivity contribution in [2.75, 3.05) is 26.9 Å². The summed E-state index contributed by atoms with van der Waals surface area (Å²) in [5.74, 6) is -1.14. The molecule has 0 unspecified atom stereocenters. The molecule has 14 heteroatoms. The minimum atomic E-state index is -1.44. The molecule has 0 amide bonds. The fraction of sp³-hybridized carbons (Fsp3) is 0.900. The van der Waals surface area contributed by atoms with Gasteiger partial charge in [0.05, 0.1) is 49.8 Å². The number of aliphatic hydroxyl groups is 9. The third-order valence-electron chi connectivity index (χ3n) is 14.6. The number of ether oxygens (including phenoxy) is 5. The van der Waals surface area contributed by atoms with Crippen LogP contribution in [0.2, 0.25) is 0 Å². The fourth-order valence-electron chi connectivity index (χ4n) is 11.7. The maximum absolute atomic E-state index is 12.8. The molecule has 0 aromatic heterocycles. The Hall–Kier alpha value is -1.08. The van der Waals surface area contributed by atoms with Gasteiger partial charge in [-0.25, -0.2) is 0 Å². The van der Waals surface area contributed by atoms with E-state index in [2.05, 4.69) is 39.8 Å². The number of fused-ring (bicyclic) bond motifs is 5. The largest absolute Gasteiger partial charge is 0.390 e. The molecule has 2 aliphatic heterocycles. The van der Waals surface area contributed by atoms with E-state index in [-0.39, 0.29) is 55.8 Å². The van der Waals surface area contributed by atoms with Crippen LogP contribution in [0, 0.1) is 46.3 Å². The monoisotopic (exact) mass is 770 g/mol. The summed E-state index contributed by atoms with van der Waals surface area (Å²) in [7, 11) is 1.42. The maximum atomic E-state index is 12.8. The number of rotatable bonds is 11. The van der Waals surface area contributed by atoms with Gasteiger partial charge in [-0.1, -0.05) is 52.8 Å². The van der Waals surface area contributed by atoms with Crippen molar-refractivity contribution in [3.05, 3.63) is 23.8 Å². The molecule has 310 valence electrons. The molecule has 9 N–H and O–H groups in total. The quantitative estimate of drug-likeness (QED) is 0.130. The van der Waals surface area contributed by atoms with Crippen LogP contribution < -0.4 is 0 Å². The summed E-state index contributed by atoms with van der Waals surface area (Å²) < 4.78 is 28.4. The van der Waals surface area contributed by atoms with Gasteiger partial charge in [0.15, 0.2) is 12.6 Å². The number of hydrogen-bond acceptors (Lipinski definition) is 14. The lowest BCUT2D eigenvalue weighted by atomic mass is 9.43. The normalized spacial score (nSPS) is 50.7. The zero-order valence-corrected chi connectivity index (χ0v) is 32.6. The molecule has 0 aromatic carbocycles. The van der Waals surface area contributed by atoms with Crippen molar-refractivity contribution < 1.29 is 69.6 Å². The van der Waals surface area contributed by atoms with Crippen LogP contribution in [0.1, 0.15) is 73.1 Å². The van der Waals surface area contributed by atoms with Gasteiger partial charge in [0.25, 0.3) is 0 Å². The zero-order chi connectivity index (χ0) is 39.5. The third-order valence-corrected chi connectivity index (χ3v) is 14.6. The highest BCUT2D eigenvalue weighted by atomic mass is 16.7. The first-order chi connectivity index (χ1) is 25.4. The molecule has 20 atom stereocenters. The van der Waals surface area contributed by atoms with Gasteiger partial charge >= 0.3 is 0 Å². The van der Waals surface area contributed by atoms with Gasteiger partial charge in [0, 0.05) is 19.4 Å². The summed E-state index contributed by atoms with van der Waals surface area (Å²) in [6, 6.07) is 0. The molecule has 4 aliphatic carbocycles. The first-order valence-corrected chi connectivity index (χ1v) is 20.0. The van der Waals surface area contributed by atoms with Crippen LogP contribution in [-0.4, -0.2) is 152 Å². The molecule has 6 rings (SSSR count). The predicted molar refractivity (Wildman–Crippen MR) is 193 cm³/mol. The Morgan fingerprint density at radius 2 is 1.50 bits per heavy atom. The van der Waals surface area contributed by atoms with E-state index in [1.807, 2.05) is 13.0 Å². The van der Waals surface area contributed by atoms with Crippen molar-refractivity contribution in [3.8, 4) is 0 Å². The van der Waals surface area contributed by atoms with Crippen molar-refractivity contribution in [2.45, 2.75) is 152 Å². The Labute approximate surface area is 318 Å². The molecule has 0 bridgehead atoms. The molecule has 2 heterocycles. The molecule has 0 aromatic rings. The lowest BCUT2D eigenvalue weighted by Gasteiger charge is -2.63. The Morgan fingerprint density at radius 3 is 2.17 bits per heavy atom. The van der Waals surface area contributed by atoms with E-state index < -0.39 is 96.0 Å². The molecule has 0 spiro atoms. The smallest absolute Gasteiger partial charge is 0.187 e. The van der Waals surface area contributed by atoms with Gasteiger partial charge in [0.1, 0.15) is 36.6 Å². The van der Waals surface area contributed by atoms with Gasteiger partial charge in [-0.3, -0.25) is 0 Å². The first-order valence-electron chi connectivity index (χ1n) is 20.0. The van der Waals surface area contributed by atoms with Gasteiger partial charge in [0.2, 0.25) is 0 Å². The molecular weight excluding hydrogens is 704 g/mol. The Balaban J connectivity index is 1.15. The lowest BCUT2D eigenvalue weighted by Crippen LogP contribution is -2.66. The molecule has 6 aliphatic rings. The Kier molecular flexibility index (Phi) is 12.8. The number of methoxy groups -OCH3 is 1. The Bertz CT molecular complexity index is 1350. The molecule has 5 fully saturated rings. The average molecular weight is 771 g/mol. The average Bonchev–Trinajstić information content (AvgIpc) is 3.32. The van der Waals surface area contributed by atoms with Crippen molar-refractivity contribution in [2.24, 2.45) is 46.3 Å². The van der Waals surface area contributed by atoms with Crippen molar-refractivity contribution in [1.82, 2.24) is 0 Å². The zero-order valence-electron chi connectivity index (χ0n) is 32.6. The molecular formula is C40H66O14. The summed E-state index contributed by atoms with van der Waals surface area (Å²) in [4.78, 5) is 0. The van der Waals surface area contributed by atoms with Crippen LogP contribution in [0.4, 0.5) is 0 Å². The highest BCUT2D eigenvalue weighted by molar-refractivity contribution is 5.33. The van der Waals surface area contributed by atoms with Gasteiger partial charge in [-0.15, -0.1) is 0 Å². The minimum Gasteiger partial charge on any atom is -0.390 e. The maximum Gasteiger partial charge on any atom is 0.187 e. The second-order valence-corrected chi connectivity index (χ2v) is 18.1. The summed E-state index contributed by atoms with van der Waals surface area (Å²) >= 11 is 0. The highest BCUT2D eigenvalue weighted by Crippen LogP contribution is 2.69. The van der Waals surface area contributed by atoms with E-state index in [1.165, 1.54) is 7.11 Å². The van der Waals surface area contributed by atoms with Crippen LogP contribution in [0.5, 0.6) is 0 Å². The van der Waals surface area contributed by atoms with E-state index in [9.17, 15) is 46.0 Å². The molecule has 2 saturated heterocycles. The standard InChI is InChI=1S/C40H66O14/c1-19(2)21(11-14-51-36-33(48)29(44)25(42)17-52-36)8-7-20(3)28-31(46)32(47)35-39(28,5)13-10-27-38(4)12-9-22(15-23(38)24(41)16-40(27,35)49)54-37-34(50-6)30(45)26(43)18-53-37/h7-8,15,19-22,24-37,41-49H,9-14,16-18H2,1-6H3/t20-,21-,22+,24-,25-,26-,27-,28+,29+,30+,31-,32+,33-,34-,35-,36-,37+,38+,39-,40+/m1/s1. The van der Waals surface area contributed by atoms with Gasteiger partial charge in [-0.05, 0) is 78.1 Å². The predicted octanol–water partition coefficient (Wildman–Crippen LogP) is 0.381. The SMILES string of the molecule is CO[C@H]1[C@H](O[C@@H]2C=C3[C@H](O)C[C@@]4(O)[C@@H]5[C@@H](O)[C@H](O)[C@H]([C@H](C)C=C[C@H](CCO[C@@H]6OC[C@@H](O)[C@H](O)[C@H]6O)C(C)C)[C@@]5(C)CC[C@@H]4[C@@]3(C)CC2)OC[C@@H](O)[C@@H]1O. The van der Waals surface area contributed by atoms with Crippen LogP contribution in [0.25, 0.3) is 0 Å². The molecule has 14 nitrogen and oxygen atoms in total. The number of hydrogen-bond donors (Lipinski definition) is 9. The van der Waals surface area contributed by atoms with Crippen molar-refractivity contribution in [1.29, 1.82) is 0 Å². The van der Waals surface area contributed by atoms with Crippen molar-refractivity contribution in [3.63, 3.8) is 0 Å². The van der Waals surface area contributed by atoms with Gasteiger partial charge in [-0.2, -0.15) is 0 Å². The van der Waals surface area contributed by atoms with Crippen LogP contribution in [-0.2, 0) is 23.7 Å². The van der Waals surface area contributed by atoms with Crippen LogP contribution in [0.3, 0.4) is 0 Å². The molecule has 0 radical (unpaired) electrons. The highest BCUT2D eigenvalue weighted by Gasteiger charge is 2.72. The van der Waals surface area contributed by atoms with E-state index in [0.29, 0.717) is 32.1 Å². The fourth-order valence-corrected chi connectivity index (χ4v) is 11.7. The van der Waals surface area contributed by atoms with Crippen molar-refractivity contribution >= 4 is 0 Å². The van der Waals surface area contributed by atoms with Crippen LogP contribution >= 0.6 is 0 Å². The topological polar surface area (TPSA) is 228 Å². The summed E-state index contributed by atoms with van der Waals surface area (Å²) in [6.07, 6.45) is -3.44. The van der Waals surface area contributed by atoms with E-state index >= 15 is 0 Å². The second-order valence-electron chi connectivity index (χ2n) is 18.1. The molecule has 3 saturated carbocycles. The third kappa shape index (κ3) is 7.40. The minimum absolute atomic E-state index is 0.0170. The molecule has 54 heavy (non-hydrogen) atoms. The van der Waals surface area contributed by atoms with Crippen LogP contribution in [0.15, 0.2) is 23.8 Å². The van der Waals surface area contributed by atoms with Gasteiger partial charge < -0.3 is 69.6 Å².